The van der Waals surface area contributed by atoms with Gasteiger partial charge in [0.25, 0.3) is 5.91 Å². The smallest absolute Gasteiger partial charge is 0.319 e. The number of alkyl halides is 2. The van der Waals surface area contributed by atoms with E-state index in [0.717, 1.165) is 21.3 Å². The molecule has 1 N–H and O–H groups in total. The van der Waals surface area contributed by atoms with Crippen molar-refractivity contribution in [1.29, 1.82) is 0 Å². The topological polar surface area (TPSA) is 64.7 Å². The number of hydrogen-bond donors (Lipinski definition) is 1. The minimum atomic E-state index is -2.66. The zero-order valence-corrected chi connectivity index (χ0v) is 18.5. The first-order valence-electron chi connectivity index (χ1n) is 10.7. The van der Waals surface area contributed by atoms with Gasteiger partial charge in [-0.1, -0.05) is 59.7 Å². The molecule has 0 saturated carbocycles. The minimum absolute atomic E-state index is 0.180. The first-order chi connectivity index (χ1) is 15.9. The van der Waals surface area contributed by atoms with E-state index < -0.39 is 6.55 Å². The van der Waals surface area contributed by atoms with Crippen molar-refractivity contribution in [2.24, 2.45) is 0 Å². The molecule has 33 heavy (non-hydrogen) atoms. The van der Waals surface area contributed by atoms with Gasteiger partial charge >= 0.3 is 6.55 Å². The molecule has 2 aromatic carbocycles. The molecule has 0 bridgehead atoms. The molecule has 0 aliphatic heterocycles. The molecule has 1 amide bonds. The highest BCUT2D eigenvalue weighted by atomic mass is 19.3. The van der Waals surface area contributed by atoms with Gasteiger partial charge in [-0.2, -0.15) is 13.9 Å². The number of imidazole rings is 1. The second-order valence-corrected chi connectivity index (χ2v) is 7.97. The van der Waals surface area contributed by atoms with E-state index in [1.807, 2.05) is 62.4 Å². The molecule has 0 radical (unpaired) electrons. The molecule has 6 nitrogen and oxygen atoms in total. The summed E-state index contributed by atoms with van der Waals surface area (Å²) >= 11 is 0. The van der Waals surface area contributed by atoms with E-state index in [4.69, 9.17) is 0 Å². The second kappa shape index (κ2) is 9.77. The fraction of sp³-hybridized carbons (Fsp3) is 0.240. The van der Waals surface area contributed by atoms with Crippen LogP contribution in [0.3, 0.4) is 0 Å². The Kier molecular flexibility index (Phi) is 6.63. The van der Waals surface area contributed by atoms with Gasteiger partial charge in [0.2, 0.25) is 0 Å². The van der Waals surface area contributed by atoms with Crippen molar-refractivity contribution in [3.8, 4) is 11.3 Å². The van der Waals surface area contributed by atoms with E-state index >= 15 is 0 Å². The van der Waals surface area contributed by atoms with Crippen LogP contribution in [0.5, 0.6) is 0 Å². The summed E-state index contributed by atoms with van der Waals surface area (Å²) in [7, 11) is 0. The quantitative estimate of drug-likeness (QED) is 0.421. The number of aryl methyl sites for hydroxylation is 2. The number of aromatic nitrogens is 4. The van der Waals surface area contributed by atoms with Crippen molar-refractivity contribution in [3.05, 3.63) is 95.2 Å². The molecule has 0 fully saturated rings. The third kappa shape index (κ3) is 5.34. The monoisotopic (exact) mass is 449 g/mol. The lowest BCUT2D eigenvalue weighted by atomic mass is 10.1. The summed E-state index contributed by atoms with van der Waals surface area (Å²) in [5.41, 5.74) is 5.20. The Morgan fingerprint density at radius 2 is 1.70 bits per heavy atom. The Hall–Kier alpha value is -3.81. The van der Waals surface area contributed by atoms with Gasteiger partial charge in [-0.25, -0.2) is 4.98 Å². The highest BCUT2D eigenvalue weighted by Gasteiger charge is 2.19. The molecule has 4 aromatic rings. The molecular weight excluding hydrogens is 424 g/mol. The molecule has 0 saturated heterocycles. The van der Waals surface area contributed by atoms with Gasteiger partial charge < -0.3 is 5.32 Å². The van der Waals surface area contributed by atoms with Gasteiger partial charge in [0.15, 0.2) is 0 Å². The zero-order chi connectivity index (χ0) is 23.4. The number of amides is 1. The molecule has 170 valence electrons. The van der Waals surface area contributed by atoms with Crippen LogP contribution in [0, 0.1) is 13.8 Å². The molecule has 0 unspecified atom stereocenters. The number of hydrogen-bond acceptors (Lipinski definition) is 3. The molecule has 2 aromatic heterocycles. The number of rotatable bonds is 8. The summed E-state index contributed by atoms with van der Waals surface area (Å²) in [6.07, 6.45) is 4.48. The largest absolute Gasteiger partial charge is 0.351 e. The van der Waals surface area contributed by atoms with Crippen LogP contribution in [0.2, 0.25) is 0 Å². The van der Waals surface area contributed by atoms with Gasteiger partial charge in [-0.05, 0) is 19.4 Å². The van der Waals surface area contributed by atoms with Crippen molar-refractivity contribution in [2.75, 3.05) is 6.54 Å². The van der Waals surface area contributed by atoms with Gasteiger partial charge in [0, 0.05) is 37.1 Å². The number of nitrogens with zero attached hydrogens (tertiary/aromatic N) is 4. The summed E-state index contributed by atoms with van der Waals surface area (Å²) < 4.78 is 28.6. The maximum atomic E-state index is 13.0. The van der Waals surface area contributed by atoms with Gasteiger partial charge in [-0.15, -0.1) is 0 Å². The summed E-state index contributed by atoms with van der Waals surface area (Å²) in [4.78, 5) is 17.0. The average molecular weight is 450 g/mol. The first-order valence-corrected chi connectivity index (χ1v) is 10.7. The Labute approximate surface area is 190 Å². The number of carbonyl (C=O) groups is 1. The molecule has 2 heterocycles. The molecule has 4 rings (SSSR count). The fourth-order valence-electron chi connectivity index (χ4n) is 3.57. The van der Waals surface area contributed by atoms with Crippen LogP contribution < -0.4 is 5.32 Å². The van der Waals surface area contributed by atoms with E-state index in [0.29, 0.717) is 17.8 Å². The lowest BCUT2D eigenvalue weighted by Crippen LogP contribution is -2.26. The molecule has 0 aliphatic carbocycles. The Morgan fingerprint density at radius 3 is 2.36 bits per heavy atom. The number of halogens is 2. The minimum Gasteiger partial charge on any atom is -0.351 e. The van der Waals surface area contributed by atoms with Gasteiger partial charge in [-0.3, -0.25) is 14.0 Å². The second-order valence-electron chi connectivity index (χ2n) is 7.97. The van der Waals surface area contributed by atoms with E-state index in [1.54, 1.807) is 10.9 Å². The summed E-state index contributed by atoms with van der Waals surface area (Å²) in [5, 5.41) is 7.50. The third-order valence-electron chi connectivity index (χ3n) is 5.39. The van der Waals surface area contributed by atoms with E-state index in [1.165, 1.54) is 18.0 Å². The molecular formula is C25H25F2N5O. The molecule has 0 aliphatic rings. The van der Waals surface area contributed by atoms with Crippen LogP contribution in [-0.4, -0.2) is 31.8 Å². The van der Waals surface area contributed by atoms with Crippen LogP contribution in [0.1, 0.15) is 39.4 Å². The molecule has 8 heteroatoms. The SMILES string of the molecule is Cc1ccc(Cn2cc(C(=O)NCCc3nccn3C(F)F)c(-c3ccc(C)cc3)n2)cc1. The number of carbonyl (C=O) groups excluding carboxylic acids is 1. The Morgan fingerprint density at radius 1 is 1.03 bits per heavy atom. The van der Waals surface area contributed by atoms with Crippen molar-refractivity contribution in [2.45, 2.75) is 33.4 Å². The number of benzene rings is 2. The van der Waals surface area contributed by atoms with E-state index in [2.05, 4.69) is 15.4 Å². The highest BCUT2D eigenvalue weighted by Crippen LogP contribution is 2.23. The summed E-state index contributed by atoms with van der Waals surface area (Å²) in [6.45, 7) is 2.07. The lowest BCUT2D eigenvalue weighted by molar-refractivity contribution is 0.0670. The predicted molar refractivity (Wildman–Crippen MR) is 122 cm³/mol. The lowest BCUT2D eigenvalue weighted by Gasteiger charge is -2.08. The highest BCUT2D eigenvalue weighted by molar-refractivity contribution is 5.99. The van der Waals surface area contributed by atoms with Crippen LogP contribution in [0.15, 0.2) is 67.1 Å². The van der Waals surface area contributed by atoms with Crippen LogP contribution in [0.25, 0.3) is 11.3 Å². The molecule has 0 spiro atoms. The Balaban J connectivity index is 1.54. The first kappa shape index (κ1) is 22.4. The van der Waals surface area contributed by atoms with Crippen molar-refractivity contribution in [1.82, 2.24) is 24.6 Å². The Bertz CT molecular complexity index is 1230. The normalized spacial score (nSPS) is 11.2. The average Bonchev–Trinajstić information content (AvgIpc) is 3.43. The van der Waals surface area contributed by atoms with Gasteiger partial charge in [0.05, 0.1) is 12.1 Å². The third-order valence-corrected chi connectivity index (χ3v) is 5.39. The van der Waals surface area contributed by atoms with Crippen LogP contribution in [0.4, 0.5) is 8.78 Å². The number of nitrogens with one attached hydrogen (secondary N) is 1. The summed E-state index contributed by atoms with van der Waals surface area (Å²) in [5.74, 6) is -0.0880. The zero-order valence-electron chi connectivity index (χ0n) is 18.5. The van der Waals surface area contributed by atoms with Crippen LogP contribution >= 0.6 is 0 Å². The van der Waals surface area contributed by atoms with Crippen molar-refractivity contribution in [3.63, 3.8) is 0 Å². The maximum absolute atomic E-state index is 13.0. The van der Waals surface area contributed by atoms with Crippen LogP contribution in [-0.2, 0) is 13.0 Å². The standard InChI is InChI=1S/C25H25F2N5O/c1-17-3-7-19(8-4-17)15-31-16-21(23(30-31)20-9-5-18(2)6-10-20)24(33)29-12-11-22-28-13-14-32(22)25(26)27/h3-10,13-14,16,25H,11-12,15H2,1-2H3,(H,29,33). The van der Waals surface area contributed by atoms with Crippen molar-refractivity contribution < 1.29 is 13.6 Å². The molecule has 0 atom stereocenters. The van der Waals surface area contributed by atoms with E-state index in [-0.39, 0.29) is 24.7 Å². The van der Waals surface area contributed by atoms with Gasteiger partial charge in [0.1, 0.15) is 11.5 Å². The maximum Gasteiger partial charge on any atom is 0.319 e. The van der Waals surface area contributed by atoms with E-state index in [9.17, 15) is 13.6 Å². The summed E-state index contributed by atoms with van der Waals surface area (Å²) in [6, 6.07) is 16.0. The fourth-order valence-corrected chi connectivity index (χ4v) is 3.57. The predicted octanol–water partition coefficient (Wildman–Crippen LogP) is 4.78. The van der Waals surface area contributed by atoms with Crippen molar-refractivity contribution >= 4 is 5.91 Å².